The number of benzene rings is 2. The fourth-order valence-corrected chi connectivity index (χ4v) is 9.03. The van der Waals surface area contributed by atoms with E-state index in [2.05, 4.69) is 19.5 Å². The number of carboxylic acid groups (broad SMARTS) is 1. The van der Waals surface area contributed by atoms with Gasteiger partial charge in [-0.15, -0.1) is 0 Å². The maximum Gasteiger partial charge on any atom is 0.415 e. The minimum absolute atomic E-state index is 0.0476. The van der Waals surface area contributed by atoms with Crippen LogP contribution in [0.1, 0.15) is 52.0 Å². The van der Waals surface area contributed by atoms with Crippen molar-refractivity contribution in [2.45, 2.75) is 75.6 Å². The van der Waals surface area contributed by atoms with Crippen LogP contribution in [-0.2, 0) is 21.3 Å². The summed E-state index contributed by atoms with van der Waals surface area (Å²) in [4.78, 5) is 37.8. The molecule has 3 aromatic rings. The van der Waals surface area contributed by atoms with Crippen LogP contribution in [0.4, 0.5) is 20.4 Å². The summed E-state index contributed by atoms with van der Waals surface area (Å²) < 4.78 is 35.7. The Hall–Kier alpha value is -3.72. The van der Waals surface area contributed by atoms with Gasteiger partial charge >= 0.3 is 12.2 Å². The lowest BCUT2D eigenvalue weighted by atomic mass is 10.0. The fourth-order valence-electron chi connectivity index (χ4n) is 6.30. The summed E-state index contributed by atoms with van der Waals surface area (Å²) in [6.45, 7) is 7.73. The van der Waals surface area contributed by atoms with Gasteiger partial charge in [0.05, 0.1) is 28.7 Å². The van der Waals surface area contributed by atoms with Gasteiger partial charge in [0.15, 0.2) is 5.13 Å². The molecule has 5 rings (SSSR count). The number of amides is 2. The number of thiazole rings is 1. The molecule has 0 unspecified atom stereocenters. The van der Waals surface area contributed by atoms with Crippen LogP contribution in [0.3, 0.4) is 0 Å². The largest absolute Gasteiger partial charge is 0.465 e. The number of carbonyl (C=O) groups is 2. The van der Waals surface area contributed by atoms with E-state index in [-0.39, 0.29) is 17.1 Å². The van der Waals surface area contributed by atoms with Crippen LogP contribution >= 0.6 is 11.3 Å². The van der Waals surface area contributed by atoms with Gasteiger partial charge in [0.25, 0.3) is 0 Å². The smallest absolute Gasteiger partial charge is 0.415 e. The summed E-state index contributed by atoms with van der Waals surface area (Å²) in [6.07, 6.45) is 2.87. The Morgan fingerprint density at radius 3 is 2.38 bits per heavy atom. The third kappa shape index (κ3) is 8.06. The Morgan fingerprint density at radius 2 is 1.79 bits per heavy atom. The average Bonchev–Trinajstić information content (AvgIpc) is 3.69. The predicted molar refractivity (Wildman–Crippen MR) is 183 cm³/mol. The summed E-state index contributed by atoms with van der Waals surface area (Å²) in [5, 5.41) is 10.7. The molecule has 0 radical (unpaired) electrons. The molecule has 1 aromatic heterocycles. The Morgan fingerprint density at radius 1 is 1.09 bits per heavy atom. The monoisotopic (exact) mass is 684 g/mol. The Labute approximate surface area is 281 Å². The third-order valence-corrected chi connectivity index (χ3v) is 11.4. The summed E-state index contributed by atoms with van der Waals surface area (Å²) in [5.41, 5.74) is 1.12. The predicted octanol–water partition coefficient (Wildman–Crippen LogP) is 5.66. The van der Waals surface area contributed by atoms with E-state index < -0.39 is 27.7 Å². The Balaban J connectivity index is 1.42. The number of aromatic nitrogens is 1. The van der Waals surface area contributed by atoms with Crippen molar-refractivity contribution >= 4 is 44.4 Å². The van der Waals surface area contributed by atoms with Crippen LogP contribution in [0.25, 0.3) is 10.4 Å². The summed E-state index contributed by atoms with van der Waals surface area (Å²) in [5.74, 6) is 0. The second-order valence-corrected chi connectivity index (χ2v) is 15.8. The van der Waals surface area contributed by atoms with Crippen molar-refractivity contribution in [3.05, 3.63) is 60.3 Å². The van der Waals surface area contributed by atoms with Gasteiger partial charge in [0.1, 0.15) is 0 Å². The average molecular weight is 685 g/mol. The van der Waals surface area contributed by atoms with E-state index in [0.717, 1.165) is 30.1 Å². The molecule has 2 saturated heterocycles. The van der Waals surface area contributed by atoms with E-state index in [1.807, 2.05) is 37.4 Å². The Bertz CT molecular complexity index is 1670. The molecule has 2 N–H and O–H groups in total. The number of carbonyl (C=O) groups excluding carboxylic acids is 1. The highest BCUT2D eigenvalue weighted by molar-refractivity contribution is 7.89. The summed E-state index contributed by atoms with van der Waals surface area (Å²) in [6, 6.07) is 14.5. The number of hydrogen-bond acceptors (Lipinski definition) is 9. The summed E-state index contributed by atoms with van der Waals surface area (Å²) in [7, 11) is -0.770. The van der Waals surface area contributed by atoms with Gasteiger partial charge in [0.2, 0.25) is 10.0 Å². The second-order valence-electron chi connectivity index (χ2n) is 13.1. The maximum atomic E-state index is 13.9. The standard InChI is InChI=1S/C33H44N6O6S2/c1-33(2,3)35-47(43,44)28-20-25(39(32(42)45-5)29-12-9-17-36(29)4)13-14-26(28)27-21-34-30(46-27)37-18-15-24(16-19-37)38(31(40)41)22-23-10-7-6-8-11-23/h6-8,10-11,13-14,20-21,24,29,35H,9,12,15-19,22H2,1-5H3,(H,40,41)/t29-/m1/s1. The first-order valence-electron chi connectivity index (χ1n) is 15.8. The van der Waals surface area contributed by atoms with Crippen LogP contribution in [0.15, 0.2) is 59.6 Å². The second kappa shape index (κ2) is 14.2. The topological polar surface area (TPSA) is 136 Å². The highest BCUT2D eigenvalue weighted by Gasteiger charge is 2.35. The lowest BCUT2D eigenvalue weighted by Gasteiger charge is -2.37. The molecule has 2 aliphatic rings. The van der Waals surface area contributed by atoms with Crippen LogP contribution in [0.5, 0.6) is 0 Å². The molecule has 0 saturated carbocycles. The van der Waals surface area contributed by atoms with E-state index in [0.29, 0.717) is 48.6 Å². The van der Waals surface area contributed by atoms with Crippen molar-refractivity contribution in [2.75, 3.05) is 43.6 Å². The van der Waals surface area contributed by atoms with Crippen molar-refractivity contribution in [3.8, 4) is 10.4 Å². The normalized spacial score (nSPS) is 17.9. The first-order valence-corrected chi connectivity index (χ1v) is 18.1. The number of likely N-dealkylation sites (tertiary alicyclic amines) is 1. The van der Waals surface area contributed by atoms with Crippen LogP contribution in [0.2, 0.25) is 0 Å². The van der Waals surface area contributed by atoms with Gasteiger partial charge in [-0.2, -0.15) is 0 Å². The van der Waals surface area contributed by atoms with Crippen LogP contribution < -0.4 is 14.5 Å². The number of nitrogens with zero attached hydrogens (tertiary/aromatic N) is 5. The molecule has 0 bridgehead atoms. The number of methoxy groups -OCH3 is 1. The third-order valence-electron chi connectivity index (χ3n) is 8.50. The molecule has 2 aliphatic heterocycles. The zero-order chi connectivity index (χ0) is 33.9. The van der Waals surface area contributed by atoms with E-state index in [9.17, 15) is 23.1 Å². The van der Waals surface area contributed by atoms with Crippen LogP contribution in [-0.4, -0.2) is 92.0 Å². The zero-order valence-corrected chi connectivity index (χ0v) is 29.2. The molecule has 0 spiro atoms. The molecule has 3 heterocycles. The van der Waals surface area contributed by atoms with E-state index >= 15 is 0 Å². The molecule has 14 heteroatoms. The Kier molecular flexibility index (Phi) is 10.4. The van der Waals surface area contributed by atoms with Gasteiger partial charge < -0.3 is 19.6 Å². The first kappa shape index (κ1) is 34.6. The number of sulfonamides is 1. The first-order chi connectivity index (χ1) is 22.3. The fraction of sp³-hybridized carbons (Fsp3) is 0.485. The number of nitrogens with one attached hydrogen (secondary N) is 1. The van der Waals surface area contributed by atoms with E-state index in [1.54, 1.807) is 45.2 Å². The number of anilines is 2. The van der Waals surface area contributed by atoms with Crippen molar-refractivity contribution in [1.29, 1.82) is 0 Å². The van der Waals surface area contributed by atoms with Crippen molar-refractivity contribution in [3.63, 3.8) is 0 Å². The highest BCUT2D eigenvalue weighted by Crippen LogP contribution is 2.39. The molecular weight excluding hydrogens is 641 g/mol. The van der Waals surface area contributed by atoms with Gasteiger partial charge in [-0.1, -0.05) is 47.7 Å². The lowest BCUT2D eigenvalue weighted by Crippen LogP contribution is -2.47. The van der Waals surface area contributed by atoms with E-state index in [1.165, 1.54) is 28.2 Å². The molecule has 47 heavy (non-hydrogen) atoms. The SMILES string of the molecule is COC(=O)N(c1ccc(-c2cnc(N3CCC(N(Cc4ccccc4)C(=O)O)CC3)s2)c(S(=O)(=O)NC(C)(C)C)c1)[C@@H]1CCCN1C. The zero-order valence-electron chi connectivity index (χ0n) is 27.5. The minimum Gasteiger partial charge on any atom is -0.465 e. The van der Waals surface area contributed by atoms with Gasteiger partial charge in [-0.25, -0.2) is 27.7 Å². The quantitative estimate of drug-likeness (QED) is 0.293. The van der Waals surface area contributed by atoms with Crippen molar-refractivity contribution in [2.24, 2.45) is 0 Å². The molecule has 0 aliphatic carbocycles. The van der Waals surface area contributed by atoms with Crippen molar-refractivity contribution < 1.29 is 27.9 Å². The van der Waals surface area contributed by atoms with E-state index in [4.69, 9.17) is 4.74 Å². The number of ether oxygens (including phenoxy) is 1. The number of piperidine rings is 1. The molecule has 2 fully saturated rings. The minimum atomic E-state index is -4.03. The molecule has 2 amide bonds. The number of hydrogen-bond donors (Lipinski definition) is 2. The van der Waals surface area contributed by atoms with Gasteiger partial charge in [0, 0.05) is 43.0 Å². The molecule has 12 nitrogen and oxygen atoms in total. The van der Waals surface area contributed by atoms with Gasteiger partial charge in [-0.3, -0.25) is 9.80 Å². The van der Waals surface area contributed by atoms with Crippen LogP contribution in [0, 0.1) is 0 Å². The highest BCUT2D eigenvalue weighted by atomic mass is 32.2. The maximum absolute atomic E-state index is 13.9. The summed E-state index contributed by atoms with van der Waals surface area (Å²) >= 11 is 1.39. The molecule has 2 aromatic carbocycles. The van der Waals surface area contributed by atoms with Crippen molar-refractivity contribution in [1.82, 2.24) is 19.5 Å². The molecular formula is C33H44N6O6S2. The lowest BCUT2D eigenvalue weighted by molar-refractivity contribution is 0.111. The number of rotatable bonds is 9. The molecule has 1 atom stereocenters. The van der Waals surface area contributed by atoms with Gasteiger partial charge in [-0.05, 0) is 77.7 Å². The molecule has 254 valence electrons.